The molecule has 0 spiro atoms. The van der Waals surface area contributed by atoms with E-state index in [1.807, 2.05) is 36.5 Å². The second kappa shape index (κ2) is 5.47. The number of aliphatic carboxylic acids is 1. The highest BCUT2D eigenvalue weighted by Crippen LogP contribution is 2.49. The van der Waals surface area contributed by atoms with Gasteiger partial charge in [0.15, 0.2) is 0 Å². The highest BCUT2D eigenvalue weighted by atomic mass is 16.4. The molecule has 1 aromatic carbocycles. The molecule has 1 N–H and O–H groups in total. The molecule has 1 unspecified atom stereocenters. The van der Waals surface area contributed by atoms with Crippen LogP contribution in [0.25, 0.3) is 0 Å². The highest BCUT2D eigenvalue weighted by Gasteiger charge is 2.54. The van der Waals surface area contributed by atoms with Crippen LogP contribution in [0.2, 0.25) is 0 Å². The minimum absolute atomic E-state index is 0.0556. The van der Waals surface area contributed by atoms with Gasteiger partial charge in [-0.1, -0.05) is 24.3 Å². The summed E-state index contributed by atoms with van der Waals surface area (Å²) in [6.45, 7) is 0.885. The fourth-order valence-electron chi connectivity index (χ4n) is 3.56. The molecular formula is C18H19N3O3. The summed E-state index contributed by atoms with van der Waals surface area (Å²) in [5.41, 5.74) is 1.57. The number of benzene rings is 1. The number of carbonyl (C=O) groups excluding carboxylic acids is 1. The second-order valence-corrected chi connectivity index (χ2v) is 6.74. The van der Waals surface area contributed by atoms with E-state index in [-0.39, 0.29) is 5.91 Å². The topological polar surface area (TPSA) is 75.4 Å². The van der Waals surface area contributed by atoms with Crippen molar-refractivity contribution >= 4 is 11.9 Å². The van der Waals surface area contributed by atoms with Gasteiger partial charge >= 0.3 is 5.97 Å². The molecule has 1 aliphatic heterocycles. The van der Waals surface area contributed by atoms with Gasteiger partial charge < -0.3 is 10.0 Å². The van der Waals surface area contributed by atoms with Gasteiger partial charge in [0.05, 0.1) is 12.0 Å². The smallest absolute Gasteiger partial charge is 0.326 e. The Kier molecular flexibility index (Phi) is 3.40. The van der Waals surface area contributed by atoms with Gasteiger partial charge in [0.1, 0.15) is 6.04 Å². The van der Waals surface area contributed by atoms with Crippen molar-refractivity contribution in [3.05, 3.63) is 53.9 Å². The zero-order valence-corrected chi connectivity index (χ0v) is 13.3. The monoisotopic (exact) mass is 325 g/mol. The Morgan fingerprint density at radius 2 is 1.96 bits per heavy atom. The van der Waals surface area contributed by atoms with E-state index in [0.717, 1.165) is 24.0 Å². The number of amides is 1. The van der Waals surface area contributed by atoms with E-state index < -0.39 is 17.4 Å². The van der Waals surface area contributed by atoms with Crippen molar-refractivity contribution in [2.45, 2.75) is 38.4 Å². The number of rotatable bonds is 4. The SMILES string of the molecule is O=C(O)C1Cc2ccccc2CN1C(=O)C1(Cn2cccn2)CC1. The molecule has 1 saturated carbocycles. The summed E-state index contributed by atoms with van der Waals surface area (Å²) in [5, 5.41) is 13.8. The summed E-state index contributed by atoms with van der Waals surface area (Å²) in [7, 11) is 0. The highest BCUT2D eigenvalue weighted by molar-refractivity contribution is 5.90. The average Bonchev–Trinajstić information content (AvgIpc) is 3.18. The lowest BCUT2D eigenvalue weighted by Gasteiger charge is -2.36. The molecular weight excluding hydrogens is 306 g/mol. The van der Waals surface area contributed by atoms with Gasteiger partial charge in [0, 0.05) is 25.4 Å². The summed E-state index contributed by atoms with van der Waals surface area (Å²) < 4.78 is 1.76. The third-order valence-corrected chi connectivity index (χ3v) is 5.13. The van der Waals surface area contributed by atoms with E-state index in [1.165, 1.54) is 0 Å². The Morgan fingerprint density at radius 1 is 1.21 bits per heavy atom. The van der Waals surface area contributed by atoms with Crippen molar-refractivity contribution in [2.24, 2.45) is 5.41 Å². The number of hydrogen-bond acceptors (Lipinski definition) is 3. The molecule has 0 radical (unpaired) electrons. The quantitative estimate of drug-likeness (QED) is 0.928. The average molecular weight is 325 g/mol. The van der Waals surface area contributed by atoms with Crippen molar-refractivity contribution in [3.8, 4) is 0 Å². The van der Waals surface area contributed by atoms with Crippen LogP contribution in [0, 0.1) is 5.41 Å². The van der Waals surface area contributed by atoms with Crippen molar-refractivity contribution in [1.29, 1.82) is 0 Å². The molecule has 1 atom stereocenters. The molecule has 4 rings (SSSR count). The van der Waals surface area contributed by atoms with Crippen LogP contribution >= 0.6 is 0 Å². The maximum atomic E-state index is 13.2. The molecule has 0 saturated heterocycles. The van der Waals surface area contributed by atoms with Gasteiger partial charge in [0.2, 0.25) is 5.91 Å². The molecule has 6 heteroatoms. The van der Waals surface area contributed by atoms with E-state index in [2.05, 4.69) is 5.10 Å². The third-order valence-electron chi connectivity index (χ3n) is 5.13. The van der Waals surface area contributed by atoms with Gasteiger partial charge in [-0.15, -0.1) is 0 Å². The van der Waals surface area contributed by atoms with Crippen LogP contribution < -0.4 is 0 Å². The van der Waals surface area contributed by atoms with Crippen LogP contribution in [0.15, 0.2) is 42.7 Å². The Hall–Kier alpha value is -2.63. The van der Waals surface area contributed by atoms with Gasteiger partial charge in [0.25, 0.3) is 0 Å². The van der Waals surface area contributed by atoms with Crippen LogP contribution in [0.5, 0.6) is 0 Å². The minimum Gasteiger partial charge on any atom is -0.480 e. The molecule has 0 bridgehead atoms. The first-order valence-corrected chi connectivity index (χ1v) is 8.17. The summed E-state index contributed by atoms with van der Waals surface area (Å²) in [6.07, 6.45) is 5.48. The predicted molar refractivity (Wildman–Crippen MR) is 86.0 cm³/mol. The zero-order valence-electron chi connectivity index (χ0n) is 13.3. The number of carbonyl (C=O) groups is 2. The standard InChI is InChI=1S/C18H19N3O3/c22-16(23)15-10-13-4-1-2-5-14(13)11-21(15)17(24)18(6-7-18)12-20-9-3-8-19-20/h1-5,8-9,15H,6-7,10-12H2,(H,22,23). The number of fused-ring (bicyclic) bond motifs is 1. The number of carboxylic acids is 1. The Bertz CT molecular complexity index is 781. The molecule has 124 valence electrons. The van der Waals surface area contributed by atoms with Gasteiger partial charge in [-0.25, -0.2) is 4.79 Å². The van der Waals surface area contributed by atoms with E-state index in [1.54, 1.807) is 15.8 Å². The number of carboxylic acid groups (broad SMARTS) is 1. The number of nitrogens with zero attached hydrogens (tertiary/aromatic N) is 3. The largest absolute Gasteiger partial charge is 0.480 e. The lowest BCUT2D eigenvalue weighted by Crippen LogP contribution is -2.51. The van der Waals surface area contributed by atoms with Crippen LogP contribution in [0.4, 0.5) is 0 Å². The molecule has 1 aliphatic carbocycles. The molecule has 1 aromatic heterocycles. The molecule has 24 heavy (non-hydrogen) atoms. The molecule has 2 aliphatic rings. The maximum absolute atomic E-state index is 13.2. The molecule has 2 aromatic rings. The first-order chi connectivity index (χ1) is 11.6. The van der Waals surface area contributed by atoms with Crippen molar-refractivity contribution in [2.75, 3.05) is 0 Å². The summed E-state index contributed by atoms with van der Waals surface area (Å²) in [5.74, 6) is -0.993. The van der Waals surface area contributed by atoms with Gasteiger partial charge in [-0.2, -0.15) is 5.10 Å². The van der Waals surface area contributed by atoms with Crippen LogP contribution in [-0.4, -0.2) is 37.7 Å². The Balaban J connectivity index is 1.62. The molecule has 1 amide bonds. The van der Waals surface area contributed by atoms with Crippen LogP contribution in [0.1, 0.15) is 24.0 Å². The first kappa shape index (κ1) is 14.9. The van der Waals surface area contributed by atoms with Crippen LogP contribution in [0.3, 0.4) is 0 Å². The third kappa shape index (κ3) is 2.48. The maximum Gasteiger partial charge on any atom is 0.326 e. The van der Waals surface area contributed by atoms with Gasteiger partial charge in [-0.05, 0) is 30.0 Å². The lowest BCUT2D eigenvalue weighted by atomic mass is 9.92. The minimum atomic E-state index is -0.937. The zero-order chi connectivity index (χ0) is 16.7. The summed E-state index contributed by atoms with van der Waals surface area (Å²) in [6, 6.07) is 8.80. The Morgan fingerprint density at radius 3 is 2.58 bits per heavy atom. The van der Waals surface area contributed by atoms with Crippen LogP contribution in [-0.2, 0) is 29.1 Å². The van der Waals surface area contributed by atoms with E-state index in [4.69, 9.17) is 0 Å². The second-order valence-electron chi connectivity index (χ2n) is 6.74. The van der Waals surface area contributed by atoms with Crippen molar-refractivity contribution in [3.63, 3.8) is 0 Å². The lowest BCUT2D eigenvalue weighted by molar-refractivity contribution is -0.154. The first-order valence-electron chi connectivity index (χ1n) is 8.17. The summed E-state index contributed by atoms with van der Waals surface area (Å²) in [4.78, 5) is 26.4. The van der Waals surface area contributed by atoms with E-state index >= 15 is 0 Å². The van der Waals surface area contributed by atoms with Crippen molar-refractivity contribution < 1.29 is 14.7 Å². The molecule has 2 heterocycles. The fraction of sp³-hybridized carbons (Fsp3) is 0.389. The van der Waals surface area contributed by atoms with E-state index in [9.17, 15) is 14.7 Å². The van der Waals surface area contributed by atoms with Gasteiger partial charge in [-0.3, -0.25) is 9.48 Å². The molecule has 6 nitrogen and oxygen atoms in total. The molecule has 1 fully saturated rings. The normalized spacial score (nSPS) is 21.2. The summed E-state index contributed by atoms with van der Waals surface area (Å²) >= 11 is 0. The Labute approximate surface area is 139 Å². The number of aromatic nitrogens is 2. The number of hydrogen-bond donors (Lipinski definition) is 1. The van der Waals surface area contributed by atoms with Crippen molar-refractivity contribution in [1.82, 2.24) is 14.7 Å². The fourth-order valence-corrected chi connectivity index (χ4v) is 3.56. The predicted octanol–water partition coefficient (Wildman–Crippen LogP) is 1.70. The van der Waals surface area contributed by atoms with E-state index in [0.29, 0.717) is 19.5 Å².